The number of primary amides is 1. The van der Waals surface area contributed by atoms with E-state index in [0.717, 1.165) is 6.07 Å². The van der Waals surface area contributed by atoms with E-state index in [1.807, 2.05) is 0 Å². The molecule has 0 aliphatic rings. The van der Waals surface area contributed by atoms with E-state index in [1.54, 1.807) is 0 Å². The van der Waals surface area contributed by atoms with Crippen LogP contribution in [-0.2, 0) is 0 Å². The number of rotatable bonds is 2. The van der Waals surface area contributed by atoms with E-state index in [2.05, 4.69) is 4.98 Å². The van der Waals surface area contributed by atoms with Crippen LogP contribution in [0.2, 0.25) is 0 Å². The van der Waals surface area contributed by atoms with Crippen molar-refractivity contribution in [1.29, 1.82) is 0 Å². The molecule has 14 heavy (non-hydrogen) atoms. The zero-order valence-electron chi connectivity index (χ0n) is 7.00. The fourth-order valence-electron chi connectivity index (χ4n) is 0.930. The van der Waals surface area contributed by atoms with Gasteiger partial charge in [-0.2, -0.15) is 0 Å². The first-order chi connectivity index (χ1) is 6.43. The summed E-state index contributed by atoms with van der Waals surface area (Å²) in [6.45, 7) is 0. The molecule has 1 amide bonds. The molecule has 1 aromatic rings. The standard InChI is InChI=1S/C7H8F2N4O/c8-4(9)2-1-3(7(12)14)6(11)13-5(2)10/h1,4H,(H2,12,14)(H4,10,11,13). The molecule has 0 radical (unpaired) electrons. The van der Waals surface area contributed by atoms with Gasteiger partial charge in [-0.25, -0.2) is 13.8 Å². The number of alkyl halides is 2. The number of carbonyl (C=O) groups is 1. The lowest BCUT2D eigenvalue weighted by atomic mass is 10.1. The van der Waals surface area contributed by atoms with Crippen LogP contribution in [-0.4, -0.2) is 10.9 Å². The number of hydrogen-bond acceptors (Lipinski definition) is 4. The Bertz CT molecular complexity index is 380. The molecule has 5 nitrogen and oxygen atoms in total. The Kier molecular flexibility index (Phi) is 2.50. The quantitative estimate of drug-likeness (QED) is 0.640. The van der Waals surface area contributed by atoms with Crippen molar-refractivity contribution in [3.05, 3.63) is 17.2 Å². The van der Waals surface area contributed by atoms with Crippen LogP contribution in [0, 0.1) is 0 Å². The number of halogens is 2. The van der Waals surface area contributed by atoms with Gasteiger partial charge in [0.25, 0.3) is 12.3 Å². The van der Waals surface area contributed by atoms with Crippen molar-refractivity contribution in [3.8, 4) is 0 Å². The van der Waals surface area contributed by atoms with Crippen LogP contribution in [0.4, 0.5) is 20.4 Å². The molecule has 0 aliphatic heterocycles. The number of carbonyl (C=O) groups excluding carboxylic acids is 1. The maximum atomic E-state index is 12.3. The molecule has 0 saturated carbocycles. The average Bonchev–Trinajstić information content (AvgIpc) is 2.02. The lowest BCUT2D eigenvalue weighted by Gasteiger charge is -2.07. The molecular weight excluding hydrogens is 194 g/mol. The average molecular weight is 202 g/mol. The van der Waals surface area contributed by atoms with Gasteiger partial charge < -0.3 is 17.2 Å². The Hall–Kier alpha value is -1.92. The van der Waals surface area contributed by atoms with E-state index in [0.29, 0.717) is 0 Å². The van der Waals surface area contributed by atoms with E-state index >= 15 is 0 Å². The van der Waals surface area contributed by atoms with Gasteiger partial charge in [0.05, 0.1) is 11.1 Å². The third-order valence-electron chi connectivity index (χ3n) is 1.61. The molecule has 0 fully saturated rings. The number of aromatic nitrogens is 1. The van der Waals surface area contributed by atoms with Gasteiger partial charge in [-0.1, -0.05) is 0 Å². The smallest absolute Gasteiger partial charge is 0.267 e. The van der Waals surface area contributed by atoms with Crippen LogP contribution in [0.5, 0.6) is 0 Å². The topological polar surface area (TPSA) is 108 Å². The summed E-state index contributed by atoms with van der Waals surface area (Å²) >= 11 is 0. The molecule has 1 heterocycles. The Balaban J connectivity index is 3.34. The molecule has 76 valence electrons. The summed E-state index contributed by atoms with van der Waals surface area (Å²) in [6.07, 6.45) is -2.82. The zero-order chi connectivity index (χ0) is 10.9. The molecule has 1 rings (SSSR count). The molecule has 0 saturated heterocycles. The number of anilines is 2. The Labute approximate surface area is 77.9 Å². The monoisotopic (exact) mass is 202 g/mol. The van der Waals surface area contributed by atoms with Gasteiger partial charge in [0.1, 0.15) is 11.6 Å². The van der Waals surface area contributed by atoms with Crippen molar-refractivity contribution >= 4 is 17.5 Å². The largest absolute Gasteiger partial charge is 0.383 e. The second-order valence-corrected chi connectivity index (χ2v) is 2.56. The van der Waals surface area contributed by atoms with Crippen LogP contribution in [0.15, 0.2) is 6.07 Å². The van der Waals surface area contributed by atoms with Crippen molar-refractivity contribution in [2.45, 2.75) is 6.43 Å². The zero-order valence-corrected chi connectivity index (χ0v) is 7.00. The van der Waals surface area contributed by atoms with Gasteiger partial charge >= 0.3 is 0 Å². The van der Waals surface area contributed by atoms with Gasteiger partial charge in [0.15, 0.2) is 0 Å². The summed E-state index contributed by atoms with van der Waals surface area (Å²) in [5, 5.41) is 0. The normalized spacial score (nSPS) is 10.5. The molecule has 0 aromatic carbocycles. The summed E-state index contributed by atoms with van der Waals surface area (Å²) in [6, 6.07) is 0.852. The minimum Gasteiger partial charge on any atom is -0.383 e. The van der Waals surface area contributed by atoms with Gasteiger partial charge in [0, 0.05) is 0 Å². The predicted octanol–water partition coefficient (Wildman–Crippen LogP) is 0.282. The Morgan fingerprint density at radius 2 is 1.93 bits per heavy atom. The van der Waals surface area contributed by atoms with E-state index in [4.69, 9.17) is 17.2 Å². The summed E-state index contributed by atoms with van der Waals surface area (Å²) in [4.78, 5) is 14.1. The van der Waals surface area contributed by atoms with Crippen molar-refractivity contribution < 1.29 is 13.6 Å². The van der Waals surface area contributed by atoms with Crippen LogP contribution in [0.25, 0.3) is 0 Å². The van der Waals surface area contributed by atoms with E-state index in [-0.39, 0.29) is 11.4 Å². The number of nitrogen functional groups attached to an aromatic ring is 2. The van der Waals surface area contributed by atoms with Crippen molar-refractivity contribution in [2.75, 3.05) is 11.5 Å². The summed E-state index contributed by atoms with van der Waals surface area (Å²) in [7, 11) is 0. The molecule has 6 N–H and O–H groups in total. The second-order valence-electron chi connectivity index (χ2n) is 2.56. The fourth-order valence-corrected chi connectivity index (χ4v) is 0.930. The van der Waals surface area contributed by atoms with E-state index in [1.165, 1.54) is 0 Å². The number of nitrogens with zero attached hydrogens (tertiary/aromatic N) is 1. The molecule has 0 atom stereocenters. The third kappa shape index (κ3) is 1.70. The first-order valence-corrected chi connectivity index (χ1v) is 3.57. The van der Waals surface area contributed by atoms with Gasteiger partial charge in [-0.15, -0.1) is 0 Å². The SMILES string of the molecule is NC(=O)c1cc(C(F)F)c(N)nc1N. The van der Waals surface area contributed by atoms with Gasteiger partial charge in [-0.3, -0.25) is 4.79 Å². The van der Waals surface area contributed by atoms with Crippen LogP contribution < -0.4 is 17.2 Å². The number of amides is 1. The third-order valence-corrected chi connectivity index (χ3v) is 1.61. The first-order valence-electron chi connectivity index (χ1n) is 3.57. The molecule has 0 spiro atoms. The van der Waals surface area contributed by atoms with E-state index < -0.39 is 23.7 Å². The molecule has 0 aliphatic carbocycles. The maximum Gasteiger partial charge on any atom is 0.267 e. The van der Waals surface area contributed by atoms with Crippen molar-refractivity contribution in [1.82, 2.24) is 4.98 Å². The second kappa shape index (κ2) is 3.44. The van der Waals surface area contributed by atoms with Crippen LogP contribution in [0.1, 0.15) is 22.3 Å². The molecular formula is C7H8F2N4O. The lowest BCUT2D eigenvalue weighted by molar-refractivity contribution is 0.100. The minimum atomic E-state index is -2.82. The predicted molar refractivity (Wildman–Crippen MR) is 46.5 cm³/mol. The number of nitrogens with two attached hydrogens (primary N) is 3. The molecule has 0 bridgehead atoms. The highest BCUT2D eigenvalue weighted by Crippen LogP contribution is 2.26. The number of hydrogen-bond donors (Lipinski definition) is 3. The van der Waals surface area contributed by atoms with E-state index in [9.17, 15) is 13.6 Å². The summed E-state index contributed by atoms with van der Waals surface area (Å²) in [5.74, 6) is -1.57. The maximum absolute atomic E-state index is 12.3. The van der Waals surface area contributed by atoms with Crippen molar-refractivity contribution in [3.63, 3.8) is 0 Å². The van der Waals surface area contributed by atoms with Crippen molar-refractivity contribution in [2.24, 2.45) is 5.73 Å². The van der Waals surface area contributed by atoms with Gasteiger partial charge in [0.2, 0.25) is 0 Å². The van der Waals surface area contributed by atoms with Gasteiger partial charge in [-0.05, 0) is 6.07 Å². The van der Waals surface area contributed by atoms with Crippen LogP contribution >= 0.6 is 0 Å². The minimum absolute atomic E-state index is 0.251. The highest BCUT2D eigenvalue weighted by Gasteiger charge is 2.17. The first kappa shape index (κ1) is 10.2. The molecule has 1 aromatic heterocycles. The highest BCUT2D eigenvalue weighted by atomic mass is 19.3. The summed E-state index contributed by atoms with van der Waals surface area (Å²) in [5.41, 5.74) is 14.5. The lowest BCUT2D eigenvalue weighted by Crippen LogP contribution is -2.16. The number of pyridine rings is 1. The Morgan fingerprint density at radius 3 is 2.36 bits per heavy atom. The fraction of sp³-hybridized carbons (Fsp3) is 0.143. The molecule has 0 unspecified atom stereocenters. The summed E-state index contributed by atoms with van der Waals surface area (Å²) < 4.78 is 24.6. The highest BCUT2D eigenvalue weighted by molar-refractivity contribution is 5.97. The van der Waals surface area contributed by atoms with Crippen LogP contribution in [0.3, 0.4) is 0 Å². The Morgan fingerprint density at radius 1 is 1.36 bits per heavy atom. The molecule has 7 heteroatoms.